The first-order chi connectivity index (χ1) is 15.6. The van der Waals surface area contributed by atoms with E-state index >= 15 is 0 Å². The minimum Gasteiger partial charge on any atom is -0.460 e. The summed E-state index contributed by atoms with van der Waals surface area (Å²) < 4.78 is 10.6. The number of rotatable bonds is 7. The van der Waals surface area contributed by atoms with Crippen molar-refractivity contribution >= 4 is 29.4 Å². The number of benzene rings is 2. The van der Waals surface area contributed by atoms with Gasteiger partial charge < -0.3 is 20.5 Å². The van der Waals surface area contributed by atoms with Gasteiger partial charge in [-0.05, 0) is 80.1 Å². The molecule has 0 fully saturated rings. The molecule has 2 aromatic rings. The zero-order chi connectivity index (χ0) is 24.0. The van der Waals surface area contributed by atoms with Gasteiger partial charge in [-0.25, -0.2) is 4.79 Å². The molecular weight excluding hydrogens is 438 g/mol. The van der Waals surface area contributed by atoms with Crippen LogP contribution in [0, 0.1) is 0 Å². The molecule has 3 rings (SSSR count). The van der Waals surface area contributed by atoms with Crippen LogP contribution in [0.3, 0.4) is 0 Å². The van der Waals surface area contributed by atoms with Crippen molar-refractivity contribution in [3.63, 3.8) is 0 Å². The summed E-state index contributed by atoms with van der Waals surface area (Å²) in [7, 11) is 0. The second-order valence-electron chi connectivity index (χ2n) is 9.02. The molecule has 0 bridgehead atoms. The van der Waals surface area contributed by atoms with Crippen LogP contribution in [0.4, 0.5) is 4.79 Å². The molecule has 176 valence electrons. The van der Waals surface area contributed by atoms with E-state index in [0.29, 0.717) is 19.4 Å². The summed E-state index contributed by atoms with van der Waals surface area (Å²) in [6.07, 6.45) is 1.24. The van der Waals surface area contributed by atoms with E-state index in [1.807, 2.05) is 24.3 Å². The Balaban J connectivity index is 1.39. The van der Waals surface area contributed by atoms with Gasteiger partial charge in [-0.15, -0.1) is 0 Å². The van der Waals surface area contributed by atoms with Crippen LogP contribution in [0.25, 0.3) is 11.1 Å². The maximum absolute atomic E-state index is 12.4. The predicted molar refractivity (Wildman–Crippen MR) is 132 cm³/mol. The van der Waals surface area contributed by atoms with Crippen molar-refractivity contribution in [1.82, 2.24) is 10.6 Å². The van der Waals surface area contributed by atoms with Crippen LogP contribution in [0.2, 0.25) is 0 Å². The number of nitrogens with two attached hydrogens (primary N) is 1. The van der Waals surface area contributed by atoms with E-state index in [1.54, 1.807) is 20.8 Å². The molecule has 0 aliphatic heterocycles. The largest absolute Gasteiger partial charge is 0.460 e. The van der Waals surface area contributed by atoms with Crippen molar-refractivity contribution in [2.24, 2.45) is 5.73 Å². The minimum absolute atomic E-state index is 0.166. The van der Waals surface area contributed by atoms with E-state index in [2.05, 4.69) is 28.8 Å². The second-order valence-corrected chi connectivity index (χ2v) is 9.42. The number of nitrogens with one attached hydrogen (secondary N) is 2. The van der Waals surface area contributed by atoms with Gasteiger partial charge in [0.2, 0.25) is 0 Å². The number of hydrogen-bond donors (Lipinski definition) is 3. The van der Waals surface area contributed by atoms with Crippen molar-refractivity contribution in [3.05, 3.63) is 59.2 Å². The number of amides is 1. The summed E-state index contributed by atoms with van der Waals surface area (Å²) in [4.78, 5) is 24.1. The average molecular weight is 470 g/mol. The first-order valence-electron chi connectivity index (χ1n) is 11.0. The molecule has 2 aromatic carbocycles. The zero-order valence-corrected chi connectivity index (χ0v) is 20.1. The predicted octanol–water partition coefficient (Wildman–Crippen LogP) is 3.81. The minimum atomic E-state index is -0.729. The van der Waals surface area contributed by atoms with Gasteiger partial charge in [0.1, 0.15) is 18.2 Å². The Bertz CT molecular complexity index is 1030. The highest BCUT2D eigenvalue weighted by molar-refractivity contribution is 7.80. The highest BCUT2D eigenvalue weighted by atomic mass is 32.1. The molecule has 1 atom stereocenters. The smallest absolute Gasteiger partial charge is 0.413 e. The van der Waals surface area contributed by atoms with Crippen molar-refractivity contribution in [2.75, 3.05) is 6.54 Å². The van der Waals surface area contributed by atoms with Crippen LogP contribution in [0.15, 0.2) is 42.5 Å². The molecular formula is C25H31N3O4S. The Morgan fingerprint density at radius 2 is 1.85 bits per heavy atom. The maximum atomic E-state index is 12.4. The van der Waals surface area contributed by atoms with E-state index in [0.717, 1.165) is 12.0 Å². The fourth-order valence-electron chi connectivity index (χ4n) is 3.70. The first kappa shape index (κ1) is 24.7. The first-order valence-corrected chi connectivity index (χ1v) is 11.4. The fourth-order valence-corrected chi connectivity index (χ4v) is 3.88. The maximum Gasteiger partial charge on any atom is 0.413 e. The summed E-state index contributed by atoms with van der Waals surface area (Å²) in [5, 5.41) is 5.52. The van der Waals surface area contributed by atoms with Gasteiger partial charge in [0.15, 0.2) is 5.11 Å². The number of alkyl carbamates (subject to hydrolysis) is 1. The number of thiocarbonyl (C=S) groups is 1. The van der Waals surface area contributed by atoms with Gasteiger partial charge in [-0.1, -0.05) is 42.5 Å². The van der Waals surface area contributed by atoms with Crippen LogP contribution in [0.1, 0.15) is 50.3 Å². The highest BCUT2D eigenvalue weighted by Gasteiger charge is 2.22. The molecule has 1 aliphatic rings. The Labute approximate surface area is 200 Å². The molecule has 0 heterocycles. The van der Waals surface area contributed by atoms with Crippen LogP contribution in [0.5, 0.6) is 0 Å². The van der Waals surface area contributed by atoms with E-state index in [-0.39, 0.29) is 11.7 Å². The molecule has 4 N–H and O–H groups in total. The third-order valence-electron chi connectivity index (χ3n) is 5.21. The van der Waals surface area contributed by atoms with E-state index < -0.39 is 23.7 Å². The number of esters is 1. The number of fused-ring (bicyclic) bond motifs is 3. The van der Waals surface area contributed by atoms with Crippen LogP contribution < -0.4 is 16.4 Å². The lowest BCUT2D eigenvalue weighted by Crippen LogP contribution is -2.42. The van der Waals surface area contributed by atoms with Crippen LogP contribution >= 0.6 is 12.2 Å². The van der Waals surface area contributed by atoms with E-state index in [9.17, 15) is 9.59 Å². The van der Waals surface area contributed by atoms with E-state index in [4.69, 9.17) is 27.4 Å². The summed E-state index contributed by atoms with van der Waals surface area (Å²) in [5.41, 5.74) is 11.3. The van der Waals surface area contributed by atoms with Gasteiger partial charge in [-0.2, -0.15) is 0 Å². The van der Waals surface area contributed by atoms with E-state index in [1.165, 1.54) is 22.3 Å². The molecule has 8 heteroatoms. The third kappa shape index (κ3) is 7.00. The number of ether oxygens (including phenoxy) is 2. The SMILES string of the molecule is CC(C)(C)OC(=O)NC(=S)NCCCC(N)C(=O)OCc1cccc2c1Cc1ccccc1-2. The topological polar surface area (TPSA) is 103 Å². The second kappa shape index (κ2) is 10.8. The highest BCUT2D eigenvalue weighted by Crippen LogP contribution is 2.38. The standard InChI is InChI=1S/C25H31N3O4S/c1-25(2,3)32-24(30)28-23(33)27-13-7-12-21(26)22(29)31-15-17-9-6-11-19-18-10-5-4-8-16(18)14-20(17)19/h4-6,8-11,21H,7,12-15,26H2,1-3H3,(H2,27,28,30,33). The fraction of sp³-hybridized carbons (Fsp3) is 0.400. The van der Waals surface area contributed by atoms with Crippen LogP contribution in [-0.4, -0.2) is 35.4 Å². The molecule has 0 saturated heterocycles. The lowest BCUT2D eigenvalue weighted by molar-refractivity contribution is -0.146. The molecule has 0 spiro atoms. The summed E-state index contributed by atoms with van der Waals surface area (Å²) in [5.74, 6) is -0.433. The van der Waals surface area contributed by atoms with Crippen molar-refractivity contribution in [1.29, 1.82) is 0 Å². The van der Waals surface area contributed by atoms with Gasteiger partial charge in [-0.3, -0.25) is 10.1 Å². The number of hydrogen-bond acceptors (Lipinski definition) is 6. The van der Waals surface area contributed by atoms with Gasteiger partial charge in [0.05, 0.1) is 0 Å². The van der Waals surface area contributed by atoms with Gasteiger partial charge in [0, 0.05) is 6.54 Å². The van der Waals surface area contributed by atoms with Gasteiger partial charge >= 0.3 is 12.1 Å². The van der Waals surface area contributed by atoms with Crippen molar-refractivity contribution in [3.8, 4) is 11.1 Å². The average Bonchev–Trinajstić information content (AvgIpc) is 3.12. The molecule has 7 nitrogen and oxygen atoms in total. The quantitative estimate of drug-likeness (QED) is 0.275. The van der Waals surface area contributed by atoms with Crippen molar-refractivity contribution in [2.45, 2.75) is 58.3 Å². The van der Waals surface area contributed by atoms with Crippen LogP contribution in [-0.2, 0) is 27.3 Å². The summed E-state index contributed by atoms with van der Waals surface area (Å²) in [6, 6.07) is 13.7. The Hall–Kier alpha value is -2.97. The normalized spacial score (nSPS) is 12.8. The Kier molecular flexibility index (Phi) is 8.05. The van der Waals surface area contributed by atoms with Crippen molar-refractivity contribution < 1.29 is 19.1 Å². The molecule has 0 radical (unpaired) electrons. The molecule has 33 heavy (non-hydrogen) atoms. The lowest BCUT2D eigenvalue weighted by atomic mass is 10.0. The molecule has 1 aliphatic carbocycles. The summed E-state index contributed by atoms with van der Waals surface area (Å²) >= 11 is 5.07. The number of carbonyl (C=O) groups is 2. The zero-order valence-electron chi connectivity index (χ0n) is 19.3. The molecule has 1 amide bonds. The molecule has 0 saturated carbocycles. The van der Waals surface area contributed by atoms with Gasteiger partial charge in [0.25, 0.3) is 0 Å². The number of carbonyl (C=O) groups excluding carboxylic acids is 2. The summed E-state index contributed by atoms with van der Waals surface area (Å²) in [6.45, 7) is 5.97. The third-order valence-corrected chi connectivity index (χ3v) is 5.46. The monoisotopic (exact) mass is 469 g/mol. The Morgan fingerprint density at radius 1 is 1.12 bits per heavy atom. The molecule has 1 unspecified atom stereocenters. The molecule has 0 aromatic heterocycles. The lowest BCUT2D eigenvalue weighted by Gasteiger charge is -2.20. The Morgan fingerprint density at radius 3 is 2.61 bits per heavy atom.